The fourth-order valence-electron chi connectivity index (χ4n) is 2.80. The van der Waals surface area contributed by atoms with E-state index in [0.717, 1.165) is 17.7 Å². The van der Waals surface area contributed by atoms with E-state index in [2.05, 4.69) is 15.3 Å². The van der Waals surface area contributed by atoms with Gasteiger partial charge in [0.1, 0.15) is 6.10 Å². The molecule has 0 saturated carbocycles. The fraction of sp³-hybridized carbons (Fsp3) is 0.389. The van der Waals surface area contributed by atoms with Gasteiger partial charge in [-0.05, 0) is 24.6 Å². The molecule has 1 N–H and O–H groups in total. The van der Waals surface area contributed by atoms with Crippen LogP contribution >= 0.6 is 0 Å². The number of hydrogen-bond donors (Lipinski definition) is 1. The number of carbonyl (C=O) groups excluding carboxylic acids is 1. The number of aryl methyl sites for hydroxylation is 1. The van der Waals surface area contributed by atoms with E-state index in [1.54, 1.807) is 17.3 Å². The maximum Gasteiger partial charge on any atom is 0.321 e. The maximum atomic E-state index is 12.4. The van der Waals surface area contributed by atoms with Crippen molar-refractivity contribution in [3.05, 3.63) is 42.2 Å². The molecular weight excluding hydrogens is 318 g/mol. The van der Waals surface area contributed by atoms with Crippen molar-refractivity contribution in [1.82, 2.24) is 14.9 Å². The number of nitrogens with zero attached hydrogens (tertiary/aromatic N) is 4. The number of rotatable bonds is 4. The number of carbonyl (C=O) groups is 1. The summed E-state index contributed by atoms with van der Waals surface area (Å²) in [6, 6.07) is 7.66. The van der Waals surface area contributed by atoms with Crippen molar-refractivity contribution in [3.8, 4) is 5.88 Å². The Labute approximate surface area is 147 Å². The predicted molar refractivity (Wildman–Crippen MR) is 97.2 cm³/mol. The van der Waals surface area contributed by atoms with E-state index in [0.29, 0.717) is 24.8 Å². The SMILES string of the molecule is Cc1cccc(NC(=O)N2CCC(Oc3nccnc3N(C)C)C2)c1. The van der Waals surface area contributed by atoms with Gasteiger partial charge in [0.25, 0.3) is 5.88 Å². The monoisotopic (exact) mass is 341 g/mol. The smallest absolute Gasteiger partial charge is 0.321 e. The molecule has 1 fully saturated rings. The summed E-state index contributed by atoms with van der Waals surface area (Å²) >= 11 is 0. The Hall–Kier alpha value is -2.83. The van der Waals surface area contributed by atoms with Crippen LogP contribution in [0.1, 0.15) is 12.0 Å². The van der Waals surface area contributed by atoms with Gasteiger partial charge in [0.15, 0.2) is 5.82 Å². The second kappa shape index (κ2) is 7.38. The third-order valence-electron chi connectivity index (χ3n) is 4.05. The van der Waals surface area contributed by atoms with Crippen molar-refractivity contribution >= 4 is 17.5 Å². The van der Waals surface area contributed by atoms with Crippen molar-refractivity contribution in [3.63, 3.8) is 0 Å². The van der Waals surface area contributed by atoms with E-state index in [-0.39, 0.29) is 12.1 Å². The lowest BCUT2D eigenvalue weighted by molar-refractivity contribution is 0.190. The Kier molecular flexibility index (Phi) is 5.02. The van der Waals surface area contributed by atoms with E-state index >= 15 is 0 Å². The van der Waals surface area contributed by atoms with Crippen LogP contribution in [0, 0.1) is 6.92 Å². The topological polar surface area (TPSA) is 70.6 Å². The first-order valence-electron chi connectivity index (χ1n) is 8.30. The lowest BCUT2D eigenvalue weighted by atomic mass is 10.2. The molecule has 0 radical (unpaired) electrons. The van der Waals surface area contributed by atoms with Gasteiger partial charge in [-0.3, -0.25) is 0 Å². The number of aromatic nitrogens is 2. The number of benzene rings is 1. The molecule has 3 rings (SSSR count). The van der Waals surface area contributed by atoms with Crippen LogP contribution in [0.5, 0.6) is 5.88 Å². The first-order valence-corrected chi connectivity index (χ1v) is 8.30. The molecule has 7 heteroatoms. The third kappa shape index (κ3) is 4.17. The summed E-state index contributed by atoms with van der Waals surface area (Å²) in [7, 11) is 3.79. The normalized spacial score (nSPS) is 16.6. The molecule has 1 unspecified atom stereocenters. The molecule has 0 spiro atoms. The number of ether oxygens (including phenoxy) is 1. The minimum absolute atomic E-state index is 0.0846. The highest BCUT2D eigenvalue weighted by Crippen LogP contribution is 2.24. The number of nitrogens with one attached hydrogen (secondary N) is 1. The van der Waals surface area contributed by atoms with Crippen LogP contribution in [0.4, 0.5) is 16.3 Å². The van der Waals surface area contributed by atoms with Gasteiger partial charge in [0.2, 0.25) is 0 Å². The molecule has 1 aromatic carbocycles. The zero-order valence-electron chi connectivity index (χ0n) is 14.8. The summed E-state index contributed by atoms with van der Waals surface area (Å²) in [6.45, 7) is 3.18. The molecular formula is C18H23N5O2. The van der Waals surface area contributed by atoms with E-state index in [1.165, 1.54) is 0 Å². The zero-order chi connectivity index (χ0) is 17.8. The highest BCUT2D eigenvalue weighted by Gasteiger charge is 2.29. The van der Waals surface area contributed by atoms with Crippen LogP contribution in [0.2, 0.25) is 0 Å². The van der Waals surface area contributed by atoms with Gasteiger partial charge >= 0.3 is 6.03 Å². The quantitative estimate of drug-likeness (QED) is 0.925. The number of likely N-dealkylation sites (tertiary alicyclic amines) is 1. The molecule has 1 aliphatic heterocycles. The summed E-state index contributed by atoms with van der Waals surface area (Å²) in [6.07, 6.45) is 3.93. The first-order chi connectivity index (χ1) is 12.0. The van der Waals surface area contributed by atoms with Crippen molar-refractivity contribution in [1.29, 1.82) is 0 Å². The summed E-state index contributed by atoms with van der Waals surface area (Å²) in [5.74, 6) is 1.18. The van der Waals surface area contributed by atoms with Crippen molar-refractivity contribution in [2.24, 2.45) is 0 Å². The minimum Gasteiger partial charge on any atom is -0.470 e. The van der Waals surface area contributed by atoms with E-state index in [4.69, 9.17) is 4.74 Å². The van der Waals surface area contributed by atoms with Crippen molar-refractivity contribution < 1.29 is 9.53 Å². The molecule has 1 aromatic heterocycles. The molecule has 2 amide bonds. The Morgan fingerprint density at radius 1 is 1.32 bits per heavy atom. The highest BCUT2D eigenvalue weighted by molar-refractivity contribution is 5.89. The Morgan fingerprint density at radius 2 is 2.12 bits per heavy atom. The van der Waals surface area contributed by atoms with Crippen LogP contribution in [0.15, 0.2) is 36.7 Å². The standard InChI is InChI=1S/C18H23N5O2/c1-13-5-4-6-14(11-13)21-18(24)23-10-7-15(12-23)25-17-16(22(2)3)19-8-9-20-17/h4-6,8-9,11,15H,7,10,12H2,1-3H3,(H,21,24). The Morgan fingerprint density at radius 3 is 2.88 bits per heavy atom. The van der Waals surface area contributed by atoms with Crippen LogP contribution in [-0.4, -0.2) is 54.2 Å². The molecule has 2 aromatic rings. The van der Waals surface area contributed by atoms with Crippen molar-refractivity contribution in [2.75, 3.05) is 37.4 Å². The van der Waals surface area contributed by atoms with Crippen LogP contribution in [-0.2, 0) is 0 Å². The lowest BCUT2D eigenvalue weighted by Crippen LogP contribution is -2.34. The average molecular weight is 341 g/mol. The van der Waals surface area contributed by atoms with Gasteiger partial charge in [0, 0.05) is 45.1 Å². The fourth-order valence-corrected chi connectivity index (χ4v) is 2.80. The second-order valence-electron chi connectivity index (χ2n) is 6.35. The largest absolute Gasteiger partial charge is 0.470 e. The van der Waals surface area contributed by atoms with Gasteiger partial charge in [-0.25, -0.2) is 14.8 Å². The van der Waals surface area contributed by atoms with Crippen LogP contribution in [0.3, 0.4) is 0 Å². The first kappa shape index (κ1) is 17.0. The number of anilines is 2. The summed E-state index contributed by atoms with van der Waals surface area (Å²) in [4.78, 5) is 24.6. The molecule has 25 heavy (non-hydrogen) atoms. The summed E-state index contributed by atoms with van der Waals surface area (Å²) < 4.78 is 5.98. The van der Waals surface area contributed by atoms with Crippen molar-refractivity contribution in [2.45, 2.75) is 19.4 Å². The van der Waals surface area contributed by atoms with Gasteiger partial charge in [-0.15, -0.1) is 0 Å². The number of urea groups is 1. The number of amides is 2. The van der Waals surface area contributed by atoms with Crippen LogP contribution in [0.25, 0.3) is 0 Å². The molecule has 132 valence electrons. The Bertz CT molecular complexity index is 750. The molecule has 1 atom stereocenters. The van der Waals surface area contributed by atoms with Gasteiger partial charge < -0.3 is 19.9 Å². The second-order valence-corrected chi connectivity index (χ2v) is 6.35. The maximum absolute atomic E-state index is 12.4. The lowest BCUT2D eigenvalue weighted by Gasteiger charge is -2.19. The molecule has 1 saturated heterocycles. The van der Waals surface area contributed by atoms with E-state index in [9.17, 15) is 4.79 Å². The van der Waals surface area contributed by atoms with E-state index in [1.807, 2.05) is 50.2 Å². The Balaban J connectivity index is 1.59. The minimum atomic E-state index is -0.108. The predicted octanol–water partition coefficient (Wildman–Crippen LogP) is 2.54. The molecule has 0 bridgehead atoms. The van der Waals surface area contributed by atoms with E-state index < -0.39 is 0 Å². The van der Waals surface area contributed by atoms with Gasteiger partial charge in [-0.2, -0.15) is 0 Å². The third-order valence-corrected chi connectivity index (χ3v) is 4.05. The van der Waals surface area contributed by atoms with Gasteiger partial charge in [0.05, 0.1) is 6.54 Å². The molecule has 7 nitrogen and oxygen atoms in total. The molecule has 2 heterocycles. The highest BCUT2D eigenvalue weighted by atomic mass is 16.5. The zero-order valence-corrected chi connectivity index (χ0v) is 14.8. The average Bonchev–Trinajstić information content (AvgIpc) is 3.04. The number of hydrogen-bond acceptors (Lipinski definition) is 5. The molecule has 0 aliphatic carbocycles. The molecule has 1 aliphatic rings. The summed E-state index contributed by atoms with van der Waals surface area (Å²) in [5.41, 5.74) is 1.91. The summed E-state index contributed by atoms with van der Waals surface area (Å²) in [5, 5.41) is 2.93. The van der Waals surface area contributed by atoms with Crippen LogP contribution < -0.4 is 15.0 Å². The van der Waals surface area contributed by atoms with Gasteiger partial charge in [-0.1, -0.05) is 12.1 Å².